The molecule has 0 aliphatic rings. The third-order valence-electron chi connectivity index (χ3n) is 2.94. The van der Waals surface area contributed by atoms with Gasteiger partial charge in [-0.15, -0.1) is 0 Å². The fraction of sp³-hybridized carbons (Fsp3) is 0.133. The molecule has 0 atom stereocenters. The number of benzene rings is 2. The largest absolute Gasteiger partial charge is 0.280 e. The maximum atomic E-state index is 13.3. The van der Waals surface area contributed by atoms with Gasteiger partial charge < -0.3 is 0 Å². The number of halogens is 1. The Hall–Kier alpha value is -2.39. The van der Waals surface area contributed by atoms with E-state index in [2.05, 4.69) is 4.72 Å². The Labute approximate surface area is 122 Å². The summed E-state index contributed by atoms with van der Waals surface area (Å²) in [4.78, 5) is 0.0475. The third kappa shape index (κ3) is 3.20. The number of nitrogens with zero attached hydrogens (tertiary/aromatic N) is 1. The van der Waals surface area contributed by atoms with E-state index in [0.717, 1.165) is 0 Å². The minimum absolute atomic E-state index is 0.0475. The monoisotopic (exact) mass is 304 g/mol. The summed E-state index contributed by atoms with van der Waals surface area (Å²) in [6.45, 7) is 3.08. The first-order valence-electron chi connectivity index (χ1n) is 6.13. The molecule has 0 saturated heterocycles. The molecule has 0 fully saturated rings. The van der Waals surface area contributed by atoms with Gasteiger partial charge in [-0.2, -0.15) is 5.26 Å². The van der Waals surface area contributed by atoms with Gasteiger partial charge in [-0.25, -0.2) is 12.8 Å². The van der Waals surface area contributed by atoms with Crippen LogP contribution in [0.1, 0.15) is 16.7 Å². The lowest BCUT2D eigenvalue weighted by Crippen LogP contribution is -2.16. The van der Waals surface area contributed by atoms with Crippen LogP contribution in [0.15, 0.2) is 41.3 Å². The van der Waals surface area contributed by atoms with Crippen molar-refractivity contribution in [2.75, 3.05) is 4.72 Å². The molecule has 0 aromatic heterocycles. The van der Waals surface area contributed by atoms with Crippen LogP contribution in [0.2, 0.25) is 0 Å². The van der Waals surface area contributed by atoms with Crippen molar-refractivity contribution in [2.24, 2.45) is 0 Å². The standard InChI is InChI=1S/C15H13FN2O2S/c1-10-6-13(16)7-11(2)15(10)21(19,20)18-14-5-3-4-12(8-14)9-17/h3-8,18H,1-2H3. The zero-order valence-electron chi connectivity index (χ0n) is 11.5. The number of aryl methyl sites for hydroxylation is 2. The second kappa shape index (κ2) is 5.54. The number of hydrogen-bond donors (Lipinski definition) is 1. The van der Waals surface area contributed by atoms with Crippen molar-refractivity contribution in [1.82, 2.24) is 0 Å². The SMILES string of the molecule is Cc1cc(F)cc(C)c1S(=O)(=O)Nc1cccc(C#N)c1. The van der Waals surface area contributed by atoms with Crippen molar-refractivity contribution >= 4 is 15.7 Å². The predicted molar refractivity (Wildman–Crippen MR) is 77.8 cm³/mol. The Bertz CT molecular complexity index is 816. The van der Waals surface area contributed by atoms with Gasteiger partial charge in [-0.3, -0.25) is 4.72 Å². The fourth-order valence-electron chi connectivity index (χ4n) is 2.18. The van der Waals surface area contributed by atoms with Gasteiger partial charge in [-0.1, -0.05) is 6.07 Å². The highest BCUT2D eigenvalue weighted by Crippen LogP contribution is 2.24. The second-order valence-corrected chi connectivity index (χ2v) is 6.29. The molecule has 0 amide bonds. The average molecular weight is 304 g/mol. The molecule has 108 valence electrons. The van der Waals surface area contributed by atoms with E-state index in [4.69, 9.17) is 5.26 Å². The zero-order valence-corrected chi connectivity index (χ0v) is 12.3. The first-order chi connectivity index (χ1) is 9.83. The van der Waals surface area contributed by atoms with Crippen LogP contribution >= 0.6 is 0 Å². The van der Waals surface area contributed by atoms with Crippen molar-refractivity contribution in [3.05, 3.63) is 58.9 Å². The van der Waals surface area contributed by atoms with Crippen LogP contribution in [0.25, 0.3) is 0 Å². The van der Waals surface area contributed by atoms with Crippen molar-refractivity contribution in [3.63, 3.8) is 0 Å². The van der Waals surface area contributed by atoms with Gasteiger partial charge in [0.2, 0.25) is 0 Å². The highest BCUT2D eigenvalue weighted by Gasteiger charge is 2.20. The summed E-state index contributed by atoms with van der Waals surface area (Å²) < 4.78 is 40.6. The molecule has 0 saturated carbocycles. The summed E-state index contributed by atoms with van der Waals surface area (Å²) in [5.41, 5.74) is 1.30. The maximum absolute atomic E-state index is 13.3. The van der Waals surface area contributed by atoms with Gasteiger partial charge >= 0.3 is 0 Å². The van der Waals surface area contributed by atoms with Crippen LogP contribution in [-0.2, 0) is 10.0 Å². The zero-order chi connectivity index (χ0) is 15.6. The Morgan fingerprint density at radius 2 is 1.76 bits per heavy atom. The first-order valence-corrected chi connectivity index (χ1v) is 7.61. The molecule has 21 heavy (non-hydrogen) atoms. The number of anilines is 1. The van der Waals surface area contributed by atoms with Gasteiger partial charge in [0.05, 0.1) is 22.2 Å². The minimum atomic E-state index is -3.84. The Balaban J connectivity index is 2.46. The van der Waals surface area contributed by atoms with Crippen LogP contribution in [0.4, 0.5) is 10.1 Å². The number of nitriles is 1. The van der Waals surface area contributed by atoms with Crippen LogP contribution < -0.4 is 4.72 Å². The Morgan fingerprint density at radius 1 is 1.14 bits per heavy atom. The smallest absolute Gasteiger partial charge is 0.262 e. The lowest BCUT2D eigenvalue weighted by atomic mass is 10.1. The van der Waals surface area contributed by atoms with Crippen molar-refractivity contribution in [2.45, 2.75) is 18.7 Å². The van der Waals surface area contributed by atoms with Gasteiger partial charge in [0.25, 0.3) is 10.0 Å². The molecule has 0 aliphatic carbocycles. The number of nitrogens with one attached hydrogen (secondary N) is 1. The number of sulfonamides is 1. The highest BCUT2D eigenvalue weighted by atomic mass is 32.2. The number of hydrogen-bond acceptors (Lipinski definition) is 3. The van der Waals surface area contributed by atoms with E-state index in [0.29, 0.717) is 16.7 Å². The molecular weight excluding hydrogens is 291 g/mol. The van der Waals surface area contributed by atoms with E-state index >= 15 is 0 Å². The summed E-state index contributed by atoms with van der Waals surface area (Å²) in [5.74, 6) is -0.476. The minimum Gasteiger partial charge on any atom is -0.280 e. The molecule has 0 heterocycles. The highest BCUT2D eigenvalue weighted by molar-refractivity contribution is 7.92. The van der Waals surface area contributed by atoms with Crippen molar-refractivity contribution < 1.29 is 12.8 Å². The summed E-state index contributed by atoms with van der Waals surface area (Å²) in [7, 11) is -3.84. The van der Waals surface area contributed by atoms with Crippen molar-refractivity contribution in [3.8, 4) is 6.07 Å². The molecule has 4 nitrogen and oxygen atoms in total. The molecule has 0 radical (unpaired) electrons. The van der Waals surface area contributed by atoms with Crippen LogP contribution in [-0.4, -0.2) is 8.42 Å². The van der Waals surface area contributed by atoms with Crippen LogP contribution in [0.5, 0.6) is 0 Å². The topological polar surface area (TPSA) is 70.0 Å². The Morgan fingerprint density at radius 3 is 2.33 bits per heavy atom. The summed E-state index contributed by atoms with van der Waals surface area (Å²) in [5, 5.41) is 8.83. The van der Waals surface area contributed by atoms with Gasteiger partial charge in [0, 0.05) is 0 Å². The van der Waals surface area contributed by atoms with E-state index < -0.39 is 15.8 Å². The van der Waals surface area contributed by atoms with E-state index in [1.54, 1.807) is 18.2 Å². The lowest BCUT2D eigenvalue weighted by Gasteiger charge is -2.13. The molecular formula is C15H13FN2O2S. The molecule has 0 bridgehead atoms. The van der Waals surface area contributed by atoms with Crippen LogP contribution in [0, 0.1) is 31.0 Å². The molecule has 2 aromatic rings. The van der Waals surface area contributed by atoms with Gasteiger partial charge in [0.1, 0.15) is 5.82 Å². The van der Waals surface area contributed by atoms with Gasteiger partial charge in [-0.05, 0) is 55.3 Å². The molecule has 0 spiro atoms. The molecule has 2 rings (SSSR count). The third-order valence-corrected chi connectivity index (χ3v) is 4.62. The maximum Gasteiger partial charge on any atom is 0.262 e. The predicted octanol–water partition coefficient (Wildman–Crippen LogP) is 3.12. The summed E-state index contributed by atoms with van der Waals surface area (Å²) >= 11 is 0. The second-order valence-electron chi connectivity index (χ2n) is 4.67. The molecule has 2 aromatic carbocycles. The van der Waals surface area contributed by atoms with E-state index in [9.17, 15) is 12.8 Å². The lowest BCUT2D eigenvalue weighted by molar-refractivity contribution is 0.597. The summed E-state index contributed by atoms with van der Waals surface area (Å²) in [6, 6.07) is 10.4. The summed E-state index contributed by atoms with van der Waals surface area (Å²) in [6.07, 6.45) is 0. The molecule has 1 N–H and O–H groups in total. The van der Waals surface area contributed by atoms with Gasteiger partial charge in [0.15, 0.2) is 0 Å². The molecule has 0 aliphatic heterocycles. The average Bonchev–Trinajstić information content (AvgIpc) is 2.36. The van der Waals surface area contributed by atoms with E-state index in [-0.39, 0.29) is 10.6 Å². The van der Waals surface area contributed by atoms with E-state index in [1.165, 1.54) is 32.0 Å². The molecule has 6 heteroatoms. The van der Waals surface area contributed by atoms with E-state index in [1.807, 2.05) is 6.07 Å². The van der Waals surface area contributed by atoms with Crippen molar-refractivity contribution in [1.29, 1.82) is 5.26 Å². The molecule has 0 unspecified atom stereocenters. The van der Waals surface area contributed by atoms with Crippen LogP contribution in [0.3, 0.4) is 0 Å². The fourth-order valence-corrected chi connectivity index (χ4v) is 3.68. The number of rotatable bonds is 3. The first kappa shape index (κ1) is 15.0. The quantitative estimate of drug-likeness (QED) is 0.947. The normalized spacial score (nSPS) is 11.0. The Kier molecular flexibility index (Phi) is 3.96.